The summed E-state index contributed by atoms with van der Waals surface area (Å²) in [5, 5.41) is 1.44. The van der Waals surface area contributed by atoms with Crippen LogP contribution in [0.15, 0.2) is 36.7 Å². The molecule has 0 atom stereocenters. The van der Waals surface area contributed by atoms with Gasteiger partial charge in [0.1, 0.15) is 0 Å². The molecule has 2 aromatic heterocycles. The lowest BCUT2D eigenvalue weighted by Crippen LogP contribution is -2.05. The minimum Gasteiger partial charge on any atom is -0.462 e. The zero-order valence-corrected chi connectivity index (χ0v) is 14.5. The van der Waals surface area contributed by atoms with Crippen molar-refractivity contribution in [2.24, 2.45) is 0 Å². The Hall–Kier alpha value is -2.46. The quantitative estimate of drug-likeness (QED) is 0.646. The van der Waals surface area contributed by atoms with Crippen LogP contribution in [-0.4, -0.2) is 22.5 Å². The van der Waals surface area contributed by atoms with E-state index in [-0.39, 0.29) is 5.97 Å². The van der Waals surface area contributed by atoms with E-state index in [1.165, 1.54) is 0 Å². The molecule has 0 N–H and O–H groups in total. The number of nitrogens with zero attached hydrogens (tertiary/aromatic N) is 2. The first-order valence-corrected chi connectivity index (χ1v) is 8.08. The Kier molecular flexibility index (Phi) is 4.49. The molecular weight excluding hydrogens is 324 g/mol. The minimum absolute atomic E-state index is 0.338. The second-order valence-corrected chi connectivity index (χ2v) is 5.91. The molecule has 0 saturated heterocycles. The highest BCUT2D eigenvalue weighted by Gasteiger charge is 2.16. The van der Waals surface area contributed by atoms with E-state index < -0.39 is 0 Å². The normalized spacial score (nSPS) is 10.8. The van der Waals surface area contributed by atoms with Gasteiger partial charge in [0.15, 0.2) is 0 Å². The summed E-state index contributed by atoms with van der Waals surface area (Å²) in [6.07, 6.45) is 3.32. The third-order valence-corrected chi connectivity index (χ3v) is 4.33. The molecule has 4 nitrogen and oxygen atoms in total. The zero-order valence-electron chi connectivity index (χ0n) is 13.8. The third kappa shape index (κ3) is 2.85. The molecule has 0 unspecified atom stereocenters. The van der Waals surface area contributed by atoms with Crippen LogP contribution >= 0.6 is 11.6 Å². The molecule has 0 bridgehead atoms. The van der Waals surface area contributed by atoms with Crippen molar-refractivity contribution in [1.82, 2.24) is 9.97 Å². The Morgan fingerprint density at radius 1 is 1.25 bits per heavy atom. The number of rotatable bonds is 3. The Balaban J connectivity index is 2.33. The number of carbonyl (C=O) groups excluding carboxylic acids is 1. The molecule has 2 heterocycles. The van der Waals surface area contributed by atoms with Gasteiger partial charge in [0.05, 0.1) is 22.7 Å². The van der Waals surface area contributed by atoms with Gasteiger partial charge >= 0.3 is 5.97 Å². The van der Waals surface area contributed by atoms with E-state index in [1.807, 2.05) is 32.0 Å². The number of fused-ring (bicyclic) bond motifs is 1. The summed E-state index contributed by atoms with van der Waals surface area (Å²) in [5.41, 5.74) is 5.11. The van der Waals surface area contributed by atoms with Gasteiger partial charge in [-0.3, -0.25) is 9.97 Å². The Morgan fingerprint density at radius 3 is 2.75 bits per heavy atom. The average molecular weight is 341 g/mol. The van der Waals surface area contributed by atoms with Crippen LogP contribution in [0.1, 0.15) is 28.5 Å². The second-order valence-electron chi connectivity index (χ2n) is 5.51. The maximum Gasteiger partial charge on any atom is 0.338 e. The Morgan fingerprint density at radius 2 is 2.04 bits per heavy atom. The zero-order chi connectivity index (χ0) is 17.3. The van der Waals surface area contributed by atoms with E-state index in [2.05, 4.69) is 9.97 Å². The van der Waals surface area contributed by atoms with Gasteiger partial charge in [0.25, 0.3) is 0 Å². The summed E-state index contributed by atoms with van der Waals surface area (Å²) in [4.78, 5) is 20.8. The topological polar surface area (TPSA) is 52.1 Å². The van der Waals surface area contributed by atoms with Crippen molar-refractivity contribution in [2.45, 2.75) is 20.8 Å². The van der Waals surface area contributed by atoms with Gasteiger partial charge < -0.3 is 4.74 Å². The van der Waals surface area contributed by atoms with E-state index in [0.717, 1.165) is 33.3 Å². The van der Waals surface area contributed by atoms with Crippen molar-refractivity contribution >= 4 is 28.5 Å². The molecule has 0 fully saturated rings. The molecule has 24 heavy (non-hydrogen) atoms. The van der Waals surface area contributed by atoms with E-state index >= 15 is 0 Å². The Bertz CT molecular complexity index is 938. The van der Waals surface area contributed by atoms with Crippen LogP contribution in [-0.2, 0) is 4.74 Å². The number of benzene rings is 1. The van der Waals surface area contributed by atoms with Crippen LogP contribution in [0.5, 0.6) is 0 Å². The summed E-state index contributed by atoms with van der Waals surface area (Å²) >= 11 is 6.36. The summed E-state index contributed by atoms with van der Waals surface area (Å²) in [6.45, 7) is 6.10. The maximum atomic E-state index is 12.1. The summed E-state index contributed by atoms with van der Waals surface area (Å²) in [6, 6.07) is 7.27. The van der Waals surface area contributed by atoms with Crippen molar-refractivity contribution < 1.29 is 9.53 Å². The fourth-order valence-electron chi connectivity index (χ4n) is 2.75. The molecule has 0 spiro atoms. The molecular formula is C19H17ClN2O2. The number of esters is 1. The van der Waals surface area contributed by atoms with Crippen LogP contribution in [0.2, 0.25) is 5.02 Å². The average Bonchev–Trinajstić information content (AvgIpc) is 2.57. The first kappa shape index (κ1) is 16.4. The third-order valence-electron chi connectivity index (χ3n) is 4.02. The van der Waals surface area contributed by atoms with Crippen LogP contribution in [0.3, 0.4) is 0 Å². The molecule has 0 aliphatic carbocycles. The standard InChI is InChI=1S/C19H17ClN2O2/c1-4-24-19(23)13-5-6-17-15(9-13)18(11(2)12(3)22-17)14-7-8-21-10-16(14)20/h5-10H,4H2,1-3H3. The van der Waals surface area contributed by atoms with Crippen LogP contribution < -0.4 is 0 Å². The molecule has 0 radical (unpaired) electrons. The lowest BCUT2D eigenvalue weighted by molar-refractivity contribution is 0.0526. The molecule has 122 valence electrons. The van der Waals surface area contributed by atoms with Crippen molar-refractivity contribution in [2.75, 3.05) is 6.61 Å². The number of pyridine rings is 2. The van der Waals surface area contributed by atoms with E-state index in [4.69, 9.17) is 16.3 Å². The van der Waals surface area contributed by atoms with Gasteiger partial charge in [-0.15, -0.1) is 0 Å². The van der Waals surface area contributed by atoms with Crippen molar-refractivity contribution in [1.29, 1.82) is 0 Å². The van der Waals surface area contributed by atoms with Crippen LogP contribution in [0.25, 0.3) is 22.0 Å². The number of halogens is 1. The highest BCUT2D eigenvalue weighted by molar-refractivity contribution is 6.33. The first-order chi connectivity index (χ1) is 11.5. The summed E-state index contributed by atoms with van der Waals surface area (Å²) < 4.78 is 5.10. The fourth-order valence-corrected chi connectivity index (χ4v) is 2.96. The number of hydrogen-bond acceptors (Lipinski definition) is 4. The van der Waals surface area contributed by atoms with Gasteiger partial charge in [0.2, 0.25) is 0 Å². The van der Waals surface area contributed by atoms with Gasteiger partial charge in [-0.2, -0.15) is 0 Å². The number of carbonyl (C=O) groups is 1. The van der Waals surface area contributed by atoms with Gasteiger partial charge in [-0.1, -0.05) is 11.6 Å². The van der Waals surface area contributed by atoms with Crippen molar-refractivity contribution in [3.05, 3.63) is 58.5 Å². The molecule has 0 aliphatic rings. The van der Waals surface area contributed by atoms with E-state index in [9.17, 15) is 4.79 Å². The predicted molar refractivity (Wildman–Crippen MR) is 95.4 cm³/mol. The SMILES string of the molecule is CCOC(=O)c1ccc2nc(C)c(C)c(-c3ccncc3Cl)c2c1. The molecule has 0 saturated carbocycles. The number of hydrogen-bond donors (Lipinski definition) is 0. The number of aryl methyl sites for hydroxylation is 1. The highest BCUT2D eigenvalue weighted by Crippen LogP contribution is 2.36. The van der Waals surface area contributed by atoms with Gasteiger partial charge in [0, 0.05) is 29.0 Å². The van der Waals surface area contributed by atoms with E-state index in [1.54, 1.807) is 25.4 Å². The van der Waals surface area contributed by atoms with Crippen LogP contribution in [0, 0.1) is 13.8 Å². The molecule has 3 aromatic rings. The van der Waals surface area contributed by atoms with Crippen molar-refractivity contribution in [3.8, 4) is 11.1 Å². The lowest BCUT2D eigenvalue weighted by Gasteiger charge is -2.14. The number of aromatic nitrogens is 2. The number of ether oxygens (including phenoxy) is 1. The van der Waals surface area contributed by atoms with Crippen LogP contribution in [0.4, 0.5) is 0 Å². The predicted octanol–water partition coefficient (Wildman–Crippen LogP) is 4.74. The smallest absolute Gasteiger partial charge is 0.338 e. The molecule has 5 heteroatoms. The monoisotopic (exact) mass is 340 g/mol. The highest BCUT2D eigenvalue weighted by atomic mass is 35.5. The van der Waals surface area contributed by atoms with Gasteiger partial charge in [-0.05, 0) is 56.2 Å². The second kappa shape index (κ2) is 6.57. The molecule has 1 aromatic carbocycles. The molecule has 0 aliphatic heterocycles. The van der Waals surface area contributed by atoms with Gasteiger partial charge in [-0.25, -0.2) is 4.79 Å². The molecule has 3 rings (SSSR count). The largest absolute Gasteiger partial charge is 0.462 e. The Labute approximate surface area is 145 Å². The van der Waals surface area contributed by atoms with E-state index in [0.29, 0.717) is 17.2 Å². The summed E-state index contributed by atoms with van der Waals surface area (Å²) in [5.74, 6) is -0.343. The molecule has 0 amide bonds. The minimum atomic E-state index is -0.343. The summed E-state index contributed by atoms with van der Waals surface area (Å²) in [7, 11) is 0. The lowest BCUT2D eigenvalue weighted by atomic mass is 9.95. The maximum absolute atomic E-state index is 12.1. The fraction of sp³-hybridized carbons (Fsp3) is 0.211. The van der Waals surface area contributed by atoms with Crippen molar-refractivity contribution in [3.63, 3.8) is 0 Å². The first-order valence-electron chi connectivity index (χ1n) is 7.71.